The van der Waals surface area contributed by atoms with Gasteiger partial charge in [-0.25, -0.2) is 4.79 Å². The topological polar surface area (TPSA) is 108 Å². The van der Waals surface area contributed by atoms with Crippen LogP contribution in [0.3, 0.4) is 0 Å². The number of ether oxygens (including phenoxy) is 1. The maximum atomic E-state index is 12.1. The van der Waals surface area contributed by atoms with Gasteiger partial charge in [-0.1, -0.05) is 0 Å². The van der Waals surface area contributed by atoms with E-state index < -0.39 is 17.0 Å². The predicted molar refractivity (Wildman–Crippen MR) is 89.3 cm³/mol. The first kappa shape index (κ1) is 16.8. The number of nitrogens with zero attached hydrogens (tertiary/aromatic N) is 3. The minimum absolute atomic E-state index is 0.0305. The molecule has 3 aromatic rings. The van der Waals surface area contributed by atoms with Gasteiger partial charge in [0.15, 0.2) is 6.10 Å². The molecule has 0 unspecified atom stereocenters. The molecule has 0 N–H and O–H groups in total. The number of hydrogen-bond acceptors (Lipinski definition) is 8. The summed E-state index contributed by atoms with van der Waals surface area (Å²) >= 11 is 1.30. The Balaban J connectivity index is 1.73. The van der Waals surface area contributed by atoms with Crippen molar-refractivity contribution in [1.82, 2.24) is 10.2 Å². The van der Waals surface area contributed by atoms with Crippen LogP contribution in [0.1, 0.15) is 34.2 Å². The highest BCUT2D eigenvalue weighted by atomic mass is 32.1. The van der Waals surface area contributed by atoms with E-state index in [4.69, 9.17) is 9.15 Å². The summed E-state index contributed by atoms with van der Waals surface area (Å²) < 4.78 is 10.9. The van der Waals surface area contributed by atoms with E-state index in [9.17, 15) is 14.9 Å². The zero-order chi connectivity index (χ0) is 18.0. The van der Waals surface area contributed by atoms with Gasteiger partial charge in [0, 0.05) is 17.7 Å². The summed E-state index contributed by atoms with van der Waals surface area (Å²) in [5.74, 6) is -0.105. The Morgan fingerprint density at radius 2 is 2.00 bits per heavy atom. The molecule has 1 aromatic carbocycles. The molecule has 0 fully saturated rings. The smallest absolute Gasteiger partial charge is 0.349 e. The fourth-order valence-electron chi connectivity index (χ4n) is 2.09. The Labute approximate surface area is 146 Å². The van der Waals surface area contributed by atoms with Crippen molar-refractivity contribution in [2.75, 3.05) is 0 Å². The molecule has 0 spiro atoms. The Morgan fingerprint density at radius 3 is 2.60 bits per heavy atom. The van der Waals surface area contributed by atoms with E-state index in [1.54, 1.807) is 6.92 Å². The minimum Gasteiger partial charge on any atom is -0.448 e. The number of nitro groups is 1. The normalized spacial score (nSPS) is 11.9. The lowest BCUT2D eigenvalue weighted by Crippen LogP contribution is -2.09. The Kier molecular flexibility index (Phi) is 4.57. The molecule has 0 aliphatic carbocycles. The van der Waals surface area contributed by atoms with Gasteiger partial charge < -0.3 is 9.15 Å². The molecule has 9 heteroatoms. The molecule has 0 amide bonds. The average molecular weight is 359 g/mol. The van der Waals surface area contributed by atoms with E-state index in [1.807, 2.05) is 18.4 Å². The summed E-state index contributed by atoms with van der Waals surface area (Å²) in [5.41, 5.74) is 1.35. The van der Waals surface area contributed by atoms with Crippen molar-refractivity contribution in [2.24, 2.45) is 0 Å². The van der Waals surface area contributed by atoms with E-state index >= 15 is 0 Å². The van der Waals surface area contributed by atoms with E-state index in [0.29, 0.717) is 10.4 Å². The van der Waals surface area contributed by atoms with E-state index in [0.717, 1.165) is 5.56 Å². The van der Waals surface area contributed by atoms with Crippen LogP contribution in [-0.4, -0.2) is 21.1 Å². The molecule has 0 radical (unpaired) electrons. The van der Waals surface area contributed by atoms with Crippen LogP contribution < -0.4 is 0 Å². The Hall–Kier alpha value is -3.07. The number of aromatic nitrogens is 2. The van der Waals surface area contributed by atoms with Crippen LogP contribution in [0, 0.1) is 17.0 Å². The summed E-state index contributed by atoms with van der Waals surface area (Å²) in [7, 11) is 0. The van der Waals surface area contributed by atoms with Gasteiger partial charge in [-0.05, 0) is 43.0 Å². The number of thiophene rings is 1. The van der Waals surface area contributed by atoms with Crippen LogP contribution in [0.15, 0.2) is 40.1 Å². The molecule has 0 aliphatic heterocycles. The zero-order valence-corrected chi connectivity index (χ0v) is 14.1. The fourth-order valence-corrected chi connectivity index (χ4v) is 2.89. The molecular weight excluding hydrogens is 346 g/mol. The first-order chi connectivity index (χ1) is 12.0. The molecule has 1 atom stereocenters. The van der Waals surface area contributed by atoms with Crippen molar-refractivity contribution in [1.29, 1.82) is 0 Å². The van der Waals surface area contributed by atoms with E-state index in [-0.39, 0.29) is 17.5 Å². The van der Waals surface area contributed by atoms with Crippen molar-refractivity contribution >= 4 is 23.0 Å². The second-order valence-electron chi connectivity index (χ2n) is 5.23. The summed E-state index contributed by atoms with van der Waals surface area (Å²) in [6.07, 6.45) is -0.715. The standard InChI is InChI=1S/C16H13N3O5S/c1-9-7-8-25-13(9)16(20)23-10(2)14-17-18-15(24-14)11-3-5-12(6-4-11)19(21)22/h3-8,10H,1-2H3/t10-/m0/s1. The van der Waals surface area contributed by atoms with Crippen LogP contribution in [0.25, 0.3) is 11.5 Å². The molecular formula is C16H13N3O5S. The van der Waals surface area contributed by atoms with Crippen molar-refractivity contribution in [3.8, 4) is 11.5 Å². The number of carbonyl (C=O) groups excluding carboxylic acids is 1. The molecule has 3 rings (SSSR count). The average Bonchev–Trinajstić information content (AvgIpc) is 3.24. The molecule has 2 heterocycles. The van der Waals surface area contributed by atoms with Crippen LogP contribution in [0.5, 0.6) is 0 Å². The van der Waals surface area contributed by atoms with Crippen LogP contribution in [0.4, 0.5) is 5.69 Å². The molecule has 25 heavy (non-hydrogen) atoms. The molecule has 8 nitrogen and oxygen atoms in total. The van der Waals surface area contributed by atoms with Gasteiger partial charge in [0.2, 0.25) is 5.89 Å². The van der Waals surface area contributed by atoms with Gasteiger partial charge >= 0.3 is 5.97 Å². The predicted octanol–water partition coefficient (Wildman–Crippen LogP) is 3.93. The van der Waals surface area contributed by atoms with Gasteiger partial charge in [-0.15, -0.1) is 21.5 Å². The van der Waals surface area contributed by atoms with Crippen molar-refractivity contribution in [3.05, 3.63) is 62.2 Å². The third kappa shape index (κ3) is 3.56. The van der Waals surface area contributed by atoms with Crippen molar-refractivity contribution in [2.45, 2.75) is 20.0 Å². The number of nitro benzene ring substituents is 1. The summed E-state index contributed by atoms with van der Waals surface area (Å²) in [4.78, 5) is 22.8. The highest BCUT2D eigenvalue weighted by molar-refractivity contribution is 7.12. The number of aryl methyl sites for hydroxylation is 1. The number of esters is 1. The Morgan fingerprint density at radius 1 is 1.28 bits per heavy atom. The van der Waals surface area contributed by atoms with Crippen LogP contribution in [-0.2, 0) is 4.74 Å². The van der Waals surface area contributed by atoms with Crippen molar-refractivity contribution < 1.29 is 18.9 Å². The highest BCUT2D eigenvalue weighted by Gasteiger charge is 2.21. The second-order valence-corrected chi connectivity index (χ2v) is 6.15. The van der Waals surface area contributed by atoms with E-state index in [1.165, 1.54) is 35.6 Å². The monoisotopic (exact) mass is 359 g/mol. The maximum Gasteiger partial charge on any atom is 0.349 e. The lowest BCUT2D eigenvalue weighted by Gasteiger charge is -2.08. The first-order valence-electron chi connectivity index (χ1n) is 7.29. The number of hydrogen-bond donors (Lipinski definition) is 0. The lowest BCUT2D eigenvalue weighted by molar-refractivity contribution is -0.384. The molecule has 0 bridgehead atoms. The van der Waals surface area contributed by atoms with E-state index in [2.05, 4.69) is 10.2 Å². The number of non-ortho nitro benzene ring substituents is 1. The van der Waals surface area contributed by atoms with Crippen LogP contribution >= 0.6 is 11.3 Å². The lowest BCUT2D eigenvalue weighted by atomic mass is 10.2. The highest BCUT2D eigenvalue weighted by Crippen LogP contribution is 2.26. The zero-order valence-electron chi connectivity index (χ0n) is 13.3. The van der Waals surface area contributed by atoms with Crippen molar-refractivity contribution in [3.63, 3.8) is 0 Å². The van der Waals surface area contributed by atoms with Gasteiger partial charge in [0.1, 0.15) is 4.88 Å². The van der Waals surface area contributed by atoms with Gasteiger partial charge in [-0.3, -0.25) is 10.1 Å². The summed E-state index contributed by atoms with van der Waals surface area (Å²) in [5, 5.41) is 20.3. The first-order valence-corrected chi connectivity index (χ1v) is 8.17. The number of carbonyl (C=O) groups is 1. The second kappa shape index (κ2) is 6.81. The van der Waals surface area contributed by atoms with Gasteiger partial charge in [-0.2, -0.15) is 0 Å². The fraction of sp³-hybridized carbons (Fsp3) is 0.188. The number of rotatable bonds is 5. The molecule has 0 saturated carbocycles. The summed E-state index contributed by atoms with van der Waals surface area (Å²) in [6.45, 7) is 3.46. The maximum absolute atomic E-state index is 12.1. The minimum atomic E-state index is -0.715. The number of benzene rings is 1. The quantitative estimate of drug-likeness (QED) is 0.386. The third-order valence-electron chi connectivity index (χ3n) is 3.44. The largest absolute Gasteiger partial charge is 0.448 e. The molecule has 0 saturated heterocycles. The van der Waals surface area contributed by atoms with Gasteiger partial charge in [0.25, 0.3) is 11.6 Å². The molecule has 128 valence electrons. The van der Waals surface area contributed by atoms with Crippen LogP contribution in [0.2, 0.25) is 0 Å². The summed E-state index contributed by atoms with van der Waals surface area (Å²) in [6, 6.07) is 7.57. The Bertz CT molecular complexity index is 916. The molecule has 2 aromatic heterocycles. The third-order valence-corrected chi connectivity index (χ3v) is 4.44. The SMILES string of the molecule is Cc1ccsc1C(=O)O[C@@H](C)c1nnc(-c2ccc([N+](=O)[O-])cc2)o1. The van der Waals surface area contributed by atoms with Gasteiger partial charge in [0.05, 0.1) is 4.92 Å². The molecule has 0 aliphatic rings.